The summed E-state index contributed by atoms with van der Waals surface area (Å²) in [6, 6.07) is 13.0. The minimum Gasteiger partial charge on any atom is -0.344 e. The summed E-state index contributed by atoms with van der Waals surface area (Å²) in [5.41, 5.74) is 3.27. The standard InChI is InChI=1S/C27H32F2N2O/c1-19-24(15-22-9-8-21(17-32)14-25(22)28)23-6-4-5-7-26(23)31(19)16-20-10-12-30(13-11-20)18-27(2,3)29/h4-9,14,17,20H,10-13,15-16,18H2,1-3H3. The van der Waals surface area contributed by atoms with Gasteiger partial charge < -0.3 is 9.47 Å². The Kier molecular flexibility index (Phi) is 6.47. The van der Waals surface area contributed by atoms with E-state index in [0.29, 0.717) is 36.3 Å². The molecule has 5 heteroatoms. The number of carbonyl (C=O) groups is 1. The molecule has 1 aliphatic rings. The Balaban J connectivity index is 1.56. The van der Waals surface area contributed by atoms with Crippen molar-refractivity contribution in [2.75, 3.05) is 19.6 Å². The molecular weight excluding hydrogens is 406 g/mol. The van der Waals surface area contributed by atoms with Crippen LogP contribution in [-0.2, 0) is 13.0 Å². The van der Waals surface area contributed by atoms with Crippen LogP contribution in [0.25, 0.3) is 10.9 Å². The van der Waals surface area contributed by atoms with Crippen LogP contribution in [0.2, 0.25) is 0 Å². The van der Waals surface area contributed by atoms with Gasteiger partial charge in [0.1, 0.15) is 17.8 Å². The van der Waals surface area contributed by atoms with Crippen LogP contribution in [0, 0.1) is 18.7 Å². The van der Waals surface area contributed by atoms with Gasteiger partial charge in [-0.05, 0) is 75.9 Å². The van der Waals surface area contributed by atoms with Gasteiger partial charge in [-0.15, -0.1) is 0 Å². The lowest BCUT2D eigenvalue weighted by Gasteiger charge is -2.34. The molecule has 2 heterocycles. The second-order valence-corrected chi connectivity index (χ2v) is 9.78. The van der Waals surface area contributed by atoms with Crippen LogP contribution in [0.1, 0.15) is 53.9 Å². The maximum Gasteiger partial charge on any atom is 0.150 e. The first-order valence-corrected chi connectivity index (χ1v) is 11.5. The highest BCUT2D eigenvalue weighted by Gasteiger charge is 2.26. The second-order valence-electron chi connectivity index (χ2n) is 9.78. The number of carbonyl (C=O) groups excluding carboxylic acids is 1. The quantitative estimate of drug-likeness (QED) is 0.426. The molecule has 0 radical (unpaired) electrons. The first-order valence-electron chi connectivity index (χ1n) is 11.5. The van der Waals surface area contributed by atoms with Crippen LogP contribution in [-0.4, -0.2) is 41.1 Å². The number of hydrogen-bond acceptors (Lipinski definition) is 2. The molecule has 0 N–H and O–H groups in total. The van der Waals surface area contributed by atoms with Crippen molar-refractivity contribution < 1.29 is 13.6 Å². The summed E-state index contributed by atoms with van der Waals surface area (Å²) in [6.45, 7) is 8.68. The Morgan fingerprint density at radius 2 is 1.84 bits per heavy atom. The number of halogens is 2. The normalized spacial score (nSPS) is 16.0. The van der Waals surface area contributed by atoms with Crippen LogP contribution in [0.3, 0.4) is 0 Å². The fourth-order valence-electron chi connectivity index (χ4n) is 5.05. The molecule has 1 aliphatic heterocycles. The molecule has 0 unspecified atom stereocenters. The first-order chi connectivity index (χ1) is 15.2. The summed E-state index contributed by atoms with van der Waals surface area (Å²) in [5, 5.41) is 1.15. The van der Waals surface area contributed by atoms with E-state index in [-0.39, 0.29) is 5.82 Å². The van der Waals surface area contributed by atoms with E-state index in [1.54, 1.807) is 26.0 Å². The predicted molar refractivity (Wildman–Crippen MR) is 126 cm³/mol. The summed E-state index contributed by atoms with van der Waals surface area (Å²) in [5.74, 6) is 0.203. The average molecular weight is 439 g/mol. The molecule has 0 amide bonds. The zero-order chi connectivity index (χ0) is 22.9. The summed E-state index contributed by atoms with van der Waals surface area (Å²) < 4.78 is 31.0. The maximum absolute atomic E-state index is 14.6. The van der Waals surface area contributed by atoms with Crippen molar-refractivity contribution in [2.45, 2.75) is 52.2 Å². The summed E-state index contributed by atoms with van der Waals surface area (Å²) in [7, 11) is 0. The Labute approximate surface area is 189 Å². The third-order valence-corrected chi connectivity index (χ3v) is 6.69. The largest absolute Gasteiger partial charge is 0.344 e. The molecule has 1 aromatic heterocycles. The number of piperidine rings is 1. The number of likely N-dealkylation sites (tertiary alicyclic amines) is 1. The van der Waals surface area contributed by atoms with Crippen molar-refractivity contribution in [3.8, 4) is 0 Å². The molecule has 2 aromatic carbocycles. The number of para-hydroxylation sites is 1. The van der Waals surface area contributed by atoms with Crippen LogP contribution in [0.15, 0.2) is 42.5 Å². The molecule has 170 valence electrons. The van der Waals surface area contributed by atoms with Crippen LogP contribution < -0.4 is 0 Å². The average Bonchev–Trinajstić information content (AvgIpc) is 3.01. The van der Waals surface area contributed by atoms with Gasteiger partial charge in [-0.3, -0.25) is 4.79 Å². The van der Waals surface area contributed by atoms with E-state index in [2.05, 4.69) is 28.5 Å². The lowest BCUT2D eigenvalue weighted by molar-refractivity contribution is 0.0927. The summed E-state index contributed by atoms with van der Waals surface area (Å²) >= 11 is 0. The SMILES string of the molecule is Cc1c(Cc2ccc(C=O)cc2F)c2ccccc2n1CC1CCN(CC(C)(C)F)CC1. The smallest absolute Gasteiger partial charge is 0.150 e. The van der Waals surface area contributed by atoms with Gasteiger partial charge in [-0.25, -0.2) is 8.78 Å². The van der Waals surface area contributed by atoms with E-state index in [4.69, 9.17) is 0 Å². The van der Waals surface area contributed by atoms with Crippen molar-refractivity contribution in [1.29, 1.82) is 0 Å². The highest BCUT2D eigenvalue weighted by Crippen LogP contribution is 2.31. The van der Waals surface area contributed by atoms with Gasteiger partial charge in [0.05, 0.1) is 0 Å². The number of fused-ring (bicyclic) bond motifs is 1. The molecule has 0 atom stereocenters. The van der Waals surface area contributed by atoms with E-state index < -0.39 is 5.67 Å². The molecule has 0 saturated carbocycles. The van der Waals surface area contributed by atoms with Crippen molar-refractivity contribution in [3.63, 3.8) is 0 Å². The number of rotatable bonds is 7. The molecule has 3 aromatic rings. The molecule has 0 bridgehead atoms. The fraction of sp³-hybridized carbons (Fsp3) is 0.444. The Morgan fingerprint density at radius 3 is 2.50 bits per heavy atom. The van der Waals surface area contributed by atoms with Gasteiger partial charge in [0.25, 0.3) is 0 Å². The number of aldehydes is 1. The molecule has 4 rings (SSSR count). The summed E-state index contributed by atoms with van der Waals surface area (Å²) in [6.07, 6.45) is 3.27. The van der Waals surface area contributed by atoms with Crippen molar-refractivity contribution in [1.82, 2.24) is 9.47 Å². The topological polar surface area (TPSA) is 25.2 Å². The van der Waals surface area contributed by atoms with Crippen LogP contribution in [0.4, 0.5) is 8.78 Å². The monoisotopic (exact) mass is 438 g/mol. The number of aromatic nitrogens is 1. The maximum atomic E-state index is 14.6. The molecule has 0 spiro atoms. The van der Waals surface area contributed by atoms with Gasteiger partial charge in [0, 0.05) is 41.7 Å². The lowest BCUT2D eigenvalue weighted by Crippen LogP contribution is -2.41. The van der Waals surface area contributed by atoms with E-state index in [1.165, 1.54) is 11.6 Å². The van der Waals surface area contributed by atoms with E-state index in [0.717, 1.165) is 49.1 Å². The highest BCUT2D eigenvalue weighted by atomic mass is 19.1. The molecule has 3 nitrogen and oxygen atoms in total. The van der Waals surface area contributed by atoms with E-state index in [1.807, 2.05) is 12.1 Å². The zero-order valence-corrected chi connectivity index (χ0v) is 19.2. The van der Waals surface area contributed by atoms with Crippen molar-refractivity contribution in [3.05, 3.63) is 70.7 Å². The van der Waals surface area contributed by atoms with E-state index in [9.17, 15) is 13.6 Å². The third kappa shape index (κ3) is 4.93. The third-order valence-electron chi connectivity index (χ3n) is 6.69. The molecule has 32 heavy (non-hydrogen) atoms. The van der Waals surface area contributed by atoms with Gasteiger partial charge in [-0.1, -0.05) is 30.3 Å². The van der Waals surface area contributed by atoms with Gasteiger partial charge in [0.15, 0.2) is 0 Å². The Hall–Kier alpha value is -2.53. The Bertz CT molecular complexity index is 1100. The zero-order valence-electron chi connectivity index (χ0n) is 19.2. The minimum atomic E-state index is -1.16. The number of benzene rings is 2. The van der Waals surface area contributed by atoms with Gasteiger partial charge in [-0.2, -0.15) is 0 Å². The fourth-order valence-corrected chi connectivity index (χ4v) is 5.05. The first kappa shape index (κ1) is 22.7. The number of alkyl halides is 1. The van der Waals surface area contributed by atoms with E-state index >= 15 is 0 Å². The van der Waals surface area contributed by atoms with Gasteiger partial charge >= 0.3 is 0 Å². The number of nitrogens with zero attached hydrogens (tertiary/aromatic N) is 2. The minimum absolute atomic E-state index is 0.339. The van der Waals surface area contributed by atoms with Crippen molar-refractivity contribution in [2.24, 2.45) is 5.92 Å². The molecular formula is C27H32F2N2O. The number of hydrogen-bond donors (Lipinski definition) is 0. The second kappa shape index (κ2) is 9.14. The molecule has 0 aliphatic carbocycles. The van der Waals surface area contributed by atoms with Gasteiger partial charge in [0.2, 0.25) is 0 Å². The Morgan fingerprint density at radius 1 is 1.12 bits per heavy atom. The molecule has 1 saturated heterocycles. The lowest BCUT2D eigenvalue weighted by atomic mass is 9.95. The predicted octanol–water partition coefficient (Wildman–Crippen LogP) is 5.95. The van der Waals surface area contributed by atoms with Crippen molar-refractivity contribution >= 4 is 17.2 Å². The van der Waals surface area contributed by atoms with Crippen LogP contribution >= 0.6 is 0 Å². The highest BCUT2D eigenvalue weighted by molar-refractivity contribution is 5.86. The summed E-state index contributed by atoms with van der Waals surface area (Å²) in [4.78, 5) is 13.2. The van der Waals surface area contributed by atoms with Crippen LogP contribution in [0.5, 0.6) is 0 Å². The molecule has 1 fully saturated rings.